The van der Waals surface area contributed by atoms with Crippen molar-refractivity contribution in [3.63, 3.8) is 0 Å². The van der Waals surface area contributed by atoms with Crippen molar-refractivity contribution in [3.05, 3.63) is 16.4 Å². The van der Waals surface area contributed by atoms with Crippen LogP contribution in [0.4, 0.5) is 0 Å². The molecule has 0 saturated heterocycles. The second kappa shape index (κ2) is 5.50. The summed E-state index contributed by atoms with van der Waals surface area (Å²) in [5, 5.41) is 14.7. The molecule has 2 rings (SSSR count). The zero-order chi connectivity index (χ0) is 12.4. The van der Waals surface area contributed by atoms with Crippen molar-refractivity contribution >= 4 is 15.9 Å². The molecule has 0 amide bonds. The first-order valence-electron chi connectivity index (χ1n) is 6.19. The summed E-state index contributed by atoms with van der Waals surface area (Å²) >= 11 is 3.45. The highest BCUT2D eigenvalue weighted by molar-refractivity contribution is 9.10. The maximum absolute atomic E-state index is 10.5. The predicted octanol–water partition coefficient (Wildman–Crippen LogP) is 2.51. The highest BCUT2D eigenvalue weighted by atomic mass is 79.9. The summed E-state index contributed by atoms with van der Waals surface area (Å²) in [5.74, 6) is 0.497. The maximum Gasteiger partial charge on any atom is 0.123 e. The zero-order valence-electron chi connectivity index (χ0n) is 10.3. The minimum absolute atomic E-state index is 0.0988. The number of aliphatic hydroxyl groups excluding tert-OH is 1. The zero-order valence-corrected chi connectivity index (χ0v) is 11.9. The van der Waals surface area contributed by atoms with Crippen LogP contribution in [-0.4, -0.2) is 27.6 Å². The molecule has 1 fully saturated rings. The van der Waals surface area contributed by atoms with E-state index >= 15 is 0 Å². The van der Waals surface area contributed by atoms with E-state index in [1.54, 1.807) is 6.20 Å². The number of halogens is 1. The highest BCUT2D eigenvalue weighted by Crippen LogP contribution is 2.41. The topological polar surface area (TPSA) is 47.3 Å². The summed E-state index contributed by atoms with van der Waals surface area (Å²) in [4.78, 5) is 0. The number of hydrogen-bond donors (Lipinski definition) is 1. The van der Waals surface area contributed by atoms with Gasteiger partial charge in [0.2, 0.25) is 0 Å². The van der Waals surface area contributed by atoms with Crippen LogP contribution < -0.4 is 0 Å². The van der Waals surface area contributed by atoms with Gasteiger partial charge in [-0.15, -0.1) is 0 Å². The summed E-state index contributed by atoms with van der Waals surface area (Å²) in [6, 6.07) is 0. The Labute approximate surface area is 110 Å². The molecule has 1 saturated carbocycles. The Morgan fingerprint density at radius 3 is 2.82 bits per heavy atom. The van der Waals surface area contributed by atoms with Crippen LogP contribution in [0.15, 0.2) is 10.7 Å². The van der Waals surface area contributed by atoms with Gasteiger partial charge in [0.1, 0.15) is 6.10 Å². The first-order chi connectivity index (χ1) is 8.19. The fourth-order valence-electron chi connectivity index (χ4n) is 2.18. The van der Waals surface area contributed by atoms with Crippen molar-refractivity contribution in [3.8, 4) is 0 Å². The van der Waals surface area contributed by atoms with Crippen LogP contribution in [0.5, 0.6) is 0 Å². The predicted molar refractivity (Wildman–Crippen MR) is 68.7 cm³/mol. The molecule has 0 spiro atoms. The molecule has 0 aliphatic heterocycles. The number of ether oxygens (including phenoxy) is 1. The van der Waals surface area contributed by atoms with E-state index in [1.165, 1.54) is 0 Å². The molecule has 17 heavy (non-hydrogen) atoms. The van der Waals surface area contributed by atoms with E-state index in [0.717, 1.165) is 29.6 Å². The van der Waals surface area contributed by atoms with Crippen LogP contribution in [0.1, 0.15) is 38.5 Å². The molecule has 96 valence electrons. The van der Waals surface area contributed by atoms with E-state index in [-0.39, 0.29) is 6.10 Å². The Kier molecular flexibility index (Phi) is 4.22. The monoisotopic (exact) mass is 302 g/mol. The average molecular weight is 303 g/mol. The van der Waals surface area contributed by atoms with Gasteiger partial charge in [0.05, 0.1) is 22.5 Å². The molecule has 1 aliphatic rings. The molecule has 0 bridgehead atoms. The summed E-state index contributed by atoms with van der Waals surface area (Å²) in [6.07, 6.45) is 3.34. The number of aryl methyl sites for hydroxylation is 1. The van der Waals surface area contributed by atoms with E-state index < -0.39 is 6.10 Å². The SMILES string of the molecule is CCOC(C1CC1)C(O)c1c(Br)cnn1CC. The number of hydrogen-bond acceptors (Lipinski definition) is 3. The molecule has 1 aliphatic carbocycles. The molecule has 2 atom stereocenters. The lowest BCUT2D eigenvalue weighted by molar-refractivity contribution is -0.0498. The van der Waals surface area contributed by atoms with E-state index in [0.29, 0.717) is 12.5 Å². The van der Waals surface area contributed by atoms with E-state index in [9.17, 15) is 5.11 Å². The van der Waals surface area contributed by atoms with Crippen LogP contribution in [0, 0.1) is 5.92 Å². The van der Waals surface area contributed by atoms with Crippen molar-refractivity contribution in [2.75, 3.05) is 6.61 Å². The maximum atomic E-state index is 10.5. The first kappa shape index (κ1) is 13.1. The number of aliphatic hydroxyl groups is 1. The quantitative estimate of drug-likeness (QED) is 0.878. The molecule has 0 radical (unpaired) electrons. The Hall–Kier alpha value is -0.390. The molecular formula is C12H19BrN2O2. The fourth-order valence-corrected chi connectivity index (χ4v) is 2.71. The molecule has 5 heteroatoms. The van der Waals surface area contributed by atoms with Crippen LogP contribution in [0.2, 0.25) is 0 Å². The van der Waals surface area contributed by atoms with Crippen LogP contribution in [0.3, 0.4) is 0 Å². The number of aromatic nitrogens is 2. The molecule has 1 aromatic heterocycles. The van der Waals surface area contributed by atoms with Crippen LogP contribution >= 0.6 is 15.9 Å². The molecule has 0 aromatic carbocycles. The second-order valence-corrected chi connectivity index (χ2v) is 5.25. The Morgan fingerprint density at radius 1 is 1.59 bits per heavy atom. The van der Waals surface area contributed by atoms with Gasteiger partial charge in [-0.3, -0.25) is 4.68 Å². The van der Waals surface area contributed by atoms with Crippen molar-refractivity contribution < 1.29 is 9.84 Å². The normalized spacial score (nSPS) is 19.3. The molecular weight excluding hydrogens is 284 g/mol. The van der Waals surface area contributed by atoms with E-state index in [4.69, 9.17) is 4.74 Å². The number of rotatable bonds is 6. The molecule has 1 N–H and O–H groups in total. The minimum atomic E-state index is -0.598. The van der Waals surface area contributed by atoms with E-state index in [1.807, 2.05) is 18.5 Å². The van der Waals surface area contributed by atoms with Crippen LogP contribution in [0.25, 0.3) is 0 Å². The van der Waals surface area contributed by atoms with Gasteiger partial charge in [-0.1, -0.05) is 0 Å². The Balaban J connectivity index is 2.21. The van der Waals surface area contributed by atoms with Crippen molar-refractivity contribution in [1.29, 1.82) is 0 Å². The fraction of sp³-hybridized carbons (Fsp3) is 0.750. The molecule has 1 heterocycles. The standard InChI is InChI=1S/C12H19BrN2O2/c1-3-15-10(9(13)7-14-15)11(16)12(17-4-2)8-5-6-8/h7-8,11-12,16H,3-6H2,1-2H3. The molecule has 4 nitrogen and oxygen atoms in total. The third-order valence-corrected chi connectivity index (χ3v) is 3.78. The summed E-state index contributed by atoms with van der Waals surface area (Å²) in [7, 11) is 0. The van der Waals surface area contributed by atoms with Gasteiger partial charge in [0.25, 0.3) is 0 Å². The van der Waals surface area contributed by atoms with Crippen LogP contribution in [-0.2, 0) is 11.3 Å². The van der Waals surface area contributed by atoms with Gasteiger partial charge in [-0.2, -0.15) is 5.10 Å². The smallest absolute Gasteiger partial charge is 0.123 e. The minimum Gasteiger partial charge on any atom is -0.384 e. The van der Waals surface area contributed by atoms with Gasteiger partial charge < -0.3 is 9.84 Å². The van der Waals surface area contributed by atoms with Gasteiger partial charge >= 0.3 is 0 Å². The van der Waals surface area contributed by atoms with Crippen molar-refractivity contribution in [1.82, 2.24) is 9.78 Å². The van der Waals surface area contributed by atoms with Crippen molar-refractivity contribution in [2.45, 2.75) is 45.4 Å². The lowest BCUT2D eigenvalue weighted by atomic mass is 10.1. The Morgan fingerprint density at radius 2 is 2.29 bits per heavy atom. The third-order valence-electron chi connectivity index (χ3n) is 3.17. The van der Waals surface area contributed by atoms with Gasteiger partial charge in [-0.25, -0.2) is 0 Å². The van der Waals surface area contributed by atoms with Gasteiger partial charge in [-0.05, 0) is 48.5 Å². The number of nitrogens with zero attached hydrogens (tertiary/aromatic N) is 2. The van der Waals surface area contributed by atoms with Crippen molar-refractivity contribution in [2.24, 2.45) is 5.92 Å². The second-order valence-electron chi connectivity index (χ2n) is 4.40. The van der Waals surface area contributed by atoms with Gasteiger partial charge in [0, 0.05) is 13.2 Å². The lowest BCUT2D eigenvalue weighted by Gasteiger charge is -2.23. The first-order valence-corrected chi connectivity index (χ1v) is 6.99. The summed E-state index contributed by atoms with van der Waals surface area (Å²) in [5.41, 5.74) is 0.831. The largest absolute Gasteiger partial charge is 0.384 e. The van der Waals surface area contributed by atoms with Gasteiger partial charge in [0.15, 0.2) is 0 Å². The highest BCUT2D eigenvalue weighted by Gasteiger charge is 2.39. The Bertz CT molecular complexity index is 377. The average Bonchev–Trinajstić information content (AvgIpc) is 3.08. The molecule has 2 unspecified atom stereocenters. The summed E-state index contributed by atoms with van der Waals surface area (Å²) < 4.78 is 8.38. The third kappa shape index (κ3) is 2.72. The lowest BCUT2D eigenvalue weighted by Crippen LogP contribution is -2.27. The molecule has 1 aromatic rings. The summed E-state index contributed by atoms with van der Waals surface area (Å²) in [6.45, 7) is 5.37. The van der Waals surface area contributed by atoms with E-state index in [2.05, 4.69) is 21.0 Å².